The van der Waals surface area contributed by atoms with Crippen molar-refractivity contribution in [2.24, 2.45) is 0 Å². The molecule has 0 atom stereocenters. The maximum Gasteiger partial charge on any atom is 0.184 e. The van der Waals surface area contributed by atoms with Gasteiger partial charge in [0.2, 0.25) is 0 Å². The Labute approximate surface area is 109 Å². The number of sulfone groups is 1. The summed E-state index contributed by atoms with van der Waals surface area (Å²) in [5.74, 6) is 2.24. The SMILES string of the molecule is CCS(=O)(=O)c1c(N)nsc1N1CCSCC1. The third-order valence-corrected chi connectivity index (χ3v) is 6.43. The highest BCUT2D eigenvalue weighted by atomic mass is 32.2. The standard InChI is InChI=1S/C9H15N3O2S3/c1-2-17(13,14)7-8(10)11-16-9(7)12-3-5-15-6-4-12/h2-6H2,1H3,(H2,10,11). The van der Waals surface area contributed by atoms with Crippen molar-refractivity contribution >= 4 is 44.0 Å². The van der Waals surface area contributed by atoms with E-state index in [-0.39, 0.29) is 16.5 Å². The molecule has 2 heterocycles. The fourth-order valence-electron chi connectivity index (χ4n) is 1.69. The van der Waals surface area contributed by atoms with E-state index in [9.17, 15) is 8.42 Å². The lowest BCUT2D eigenvalue weighted by atomic mass is 10.5. The van der Waals surface area contributed by atoms with Crippen LogP contribution in [0, 0.1) is 0 Å². The van der Waals surface area contributed by atoms with Gasteiger partial charge in [-0.15, -0.1) is 0 Å². The summed E-state index contributed by atoms with van der Waals surface area (Å²) in [6.45, 7) is 3.35. The Bertz CT molecular complexity index is 492. The van der Waals surface area contributed by atoms with Crippen LogP contribution in [0.25, 0.3) is 0 Å². The molecule has 0 amide bonds. The van der Waals surface area contributed by atoms with Gasteiger partial charge in [0.05, 0.1) is 5.75 Å². The van der Waals surface area contributed by atoms with Crippen LogP contribution >= 0.6 is 23.3 Å². The average Bonchev–Trinajstić information content (AvgIpc) is 2.73. The Morgan fingerprint density at radius 1 is 1.41 bits per heavy atom. The van der Waals surface area contributed by atoms with Gasteiger partial charge in [0.25, 0.3) is 0 Å². The minimum absolute atomic E-state index is 0.0607. The van der Waals surface area contributed by atoms with E-state index >= 15 is 0 Å². The normalized spacial score (nSPS) is 17.4. The summed E-state index contributed by atoms with van der Waals surface area (Å²) in [4.78, 5) is 2.31. The summed E-state index contributed by atoms with van der Waals surface area (Å²) in [7, 11) is -3.29. The van der Waals surface area contributed by atoms with E-state index in [2.05, 4.69) is 9.27 Å². The van der Waals surface area contributed by atoms with Gasteiger partial charge in [-0.3, -0.25) is 0 Å². The summed E-state index contributed by atoms with van der Waals surface area (Å²) in [5, 5.41) is 0.713. The van der Waals surface area contributed by atoms with Crippen molar-refractivity contribution in [3.05, 3.63) is 0 Å². The lowest BCUT2D eigenvalue weighted by molar-refractivity contribution is 0.597. The Hall–Kier alpha value is -0.470. The molecule has 1 saturated heterocycles. The first-order valence-electron chi connectivity index (χ1n) is 5.37. The molecule has 0 radical (unpaired) electrons. The van der Waals surface area contributed by atoms with Gasteiger partial charge in [-0.2, -0.15) is 16.1 Å². The van der Waals surface area contributed by atoms with E-state index in [0.717, 1.165) is 24.6 Å². The smallest absolute Gasteiger partial charge is 0.184 e. The summed E-state index contributed by atoms with van der Waals surface area (Å²) in [6.07, 6.45) is 0. The molecule has 0 unspecified atom stereocenters. The van der Waals surface area contributed by atoms with Crippen LogP contribution in [0.3, 0.4) is 0 Å². The molecule has 0 spiro atoms. The first kappa shape index (κ1) is 13.0. The Kier molecular flexibility index (Phi) is 3.84. The van der Waals surface area contributed by atoms with E-state index in [1.807, 2.05) is 11.8 Å². The second-order valence-electron chi connectivity index (χ2n) is 3.70. The number of hydrogen-bond acceptors (Lipinski definition) is 7. The van der Waals surface area contributed by atoms with Crippen LogP contribution in [0.1, 0.15) is 6.92 Å². The first-order chi connectivity index (χ1) is 8.06. The molecule has 1 aliphatic rings. The van der Waals surface area contributed by atoms with Crippen LogP contribution in [0.5, 0.6) is 0 Å². The molecule has 1 aromatic heterocycles. The fourth-order valence-corrected chi connectivity index (χ4v) is 4.95. The molecule has 0 aromatic carbocycles. The van der Waals surface area contributed by atoms with Gasteiger partial charge in [-0.25, -0.2) is 8.42 Å². The van der Waals surface area contributed by atoms with Gasteiger partial charge >= 0.3 is 0 Å². The largest absolute Gasteiger partial charge is 0.382 e. The quantitative estimate of drug-likeness (QED) is 0.898. The molecule has 1 fully saturated rings. The molecule has 0 saturated carbocycles. The second kappa shape index (κ2) is 5.03. The maximum atomic E-state index is 12.0. The van der Waals surface area contributed by atoms with Crippen molar-refractivity contribution in [1.82, 2.24) is 4.37 Å². The molecule has 96 valence electrons. The average molecular weight is 293 g/mol. The number of anilines is 2. The van der Waals surface area contributed by atoms with Gasteiger partial charge in [0.15, 0.2) is 15.7 Å². The zero-order valence-corrected chi connectivity index (χ0v) is 12.0. The predicted octanol–water partition coefficient (Wildman–Crippen LogP) is 1.07. The van der Waals surface area contributed by atoms with Gasteiger partial charge in [0.1, 0.15) is 9.90 Å². The Morgan fingerprint density at radius 3 is 2.65 bits per heavy atom. The molecule has 8 heteroatoms. The predicted molar refractivity (Wildman–Crippen MR) is 73.8 cm³/mol. The lowest BCUT2D eigenvalue weighted by Gasteiger charge is -2.27. The highest BCUT2D eigenvalue weighted by molar-refractivity contribution is 7.99. The number of nitrogens with zero attached hydrogens (tertiary/aromatic N) is 2. The number of aromatic nitrogens is 1. The molecule has 2 N–H and O–H groups in total. The van der Waals surface area contributed by atoms with E-state index in [1.54, 1.807) is 6.92 Å². The number of rotatable bonds is 3. The summed E-state index contributed by atoms with van der Waals surface area (Å²) in [6, 6.07) is 0. The molecule has 5 nitrogen and oxygen atoms in total. The molecule has 1 aliphatic heterocycles. The first-order valence-corrected chi connectivity index (χ1v) is 8.95. The zero-order valence-electron chi connectivity index (χ0n) is 9.55. The molecule has 17 heavy (non-hydrogen) atoms. The third kappa shape index (κ3) is 2.53. The summed E-state index contributed by atoms with van der Waals surface area (Å²) in [5.41, 5.74) is 5.70. The van der Waals surface area contributed by atoms with Crippen molar-refractivity contribution in [2.75, 3.05) is 41.0 Å². The molecule has 1 aromatic rings. The fraction of sp³-hybridized carbons (Fsp3) is 0.667. The lowest BCUT2D eigenvalue weighted by Crippen LogP contribution is -2.32. The molecule has 0 aliphatic carbocycles. The molecular formula is C9H15N3O2S3. The Balaban J connectivity index is 2.41. The summed E-state index contributed by atoms with van der Waals surface area (Å²) < 4.78 is 28.0. The van der Waals surface area contributed by atoms with E-state index < -0.39 is 9.84 Å². The van der Waals surface area contributed by atoms with Gasteiger partial charge in [-0.05, 0) is 11.5 Å². The summed E-state index contributed by atoms with van der Waals surface area (Å²) >= 11 is 3.07. The minimum atomic E-state index is -3.29. The van der Waals surface area contributed by atoms with E-state index in [4.69, 9.17) is 5.73 Å². The van der Waals surface area contributed by atoms with Gasteiger partial charge < -0.3 is 10.6 Å². The number of nitrogens with two attached hydrogens (primary N) is 1. The number of hydrogen-bond donors (Lipinski definition) is 1. The monoisotopic (exact) mass is 293 g/mol. The topological polar surface area (TPSA) is 76.3 Å². The van der Waals surface area contributed by atoms with Crippen molar-refractivity contribution < 1.29 is 8.42 Å². The molecule has 0 bridgehead atoms. The van der Waals surface area contributed by atoms with Crippen LogP contribution in [0.15, 0.2) is 4.90 Å². The molecular weight excluding hydrogens is 278 g/mol. The van der Waals surface area contributed by atoms with Crippen molar-refractivity contribution in [2.45, 2.75) is 11.8 Å². The van der Waals surface area contributed by atoms with Crippen LogP contribution in [-0.4, -0.2) is 43.1 Å². The van der Waals surface area contributed by atoms with Crippen LogP contribution in [-0.2, 0) is 9.84 Å². The second-order valence-corrected chi connectivity index (χ2v) is 7.90. The van der Waals surface area contributed by atoms with Crippen LogP contribution < -0.4 is 10.6 Å². The van der Waals surface area contributed by atoms with Gasteiger partial charge in [-0.1, -0.05) is 6.92 Å². The van der Waals surface area contributed by atoms with Crippen LogP contribution in [0.2, 0.25) is 0 Å². The van der Waals surface area contributed by atoms with Crippen LogP contribution in [0.4, 0.5) is 10.8 Å². The maximum absolute atomic E-state index is 12.0. The number of thioether (sulfide) groups is 1. The van der Waals surface area contributed by atoms with Crippen molar-refractivity contribution in [3.63, 3.8) is 0 Å². The Morgan fingerprint density at radius 2 is 2.06 bits per heavy atom. The highest BCUT2D eigenvalue weighted by Crippen LogP contribution is 2.36. The number of nitrogen functional groups attached to an aromatic ring is 1. The highest BCUT2D eigenvalue weighted by Gasteiger charge is 2.27. The minimum Gasteiger partial charge on any atom is -0.382 e. The zero-order chi connectivity index (χ0) is 12.5. The third-order valence-electron chi connectivity index (χ3n) is 2.65. The van der Waals surface area contributed by atoms with Gasteiger partial charge in [0, 0.05) is 24.6 Å². The van der Waals surface area contributed by atoms with Crippen molar-refractivity contribution in [1.29, 1.82) is 0 Å². The van der Waals surface area contributed by atoms with E-state index in [0.29, 0.717) is 5.00 Å². The molecule has 2 rings (SSSR count). The van der Waals surface area contributed by atoms with E-state index in [1.165, 1.54) is 11.5 Å². The van der Waals surface area contributed by atoms with Crippen molar-refractivity contribution in [3.8, 4) is 0 Å².